The van der Waals surface area contributed by atoms with Gasteiger partial charge in [0.05, 0.1) is 35.7 Å². The van der Waals surface area contributed by atoms with Crippen LogP contribution < -0.4 is 29.6 Å². The fourth-order valence-corrected chi connectivity index (χ4v) is 3.81. The second-order valence-corrected chi connectivity index (χ2v) is 7.03. The highest BCUT2D eigenvalue weighted by Crippen LogP contribution is 2.42. The van der Waals surface area contributed by atoms with Crippen LogP contribution in [0.3, 0.4) is 0 Å². The first-order valence-electron chi connectivity index (χ1n) is 6.53. The Kier molecular flexibility index (Phi) is 5.76. The highest BCUT2D eigenvalue weighted by atomic mass is 35.7. The molecule has 0 saturated carbocycles. The minimum absolute atomic E-state index is 0.706. The van der Waals surface area contributed by atoms with E-state index < -0.39 is 7.27 Å². The third-order valence-electron chi connectivity index (χ3n) is 3.13. The Labute approximate surface area is 136 Å². The molecule has 0 saturated heterocycles. The fourth-order valence-electron chi connectivity index (χ4n) is 1.96. The maximum Gasteiger partial charge on any atom is 0.123 e. The zero-order chi connectivity index (χ0) is 16.1. The minimum atomic E-state index is -1.11. The van der Waals surface area contributed by atoms with Crippen LogP contribution in [0.4, 0.5) is 0 Å². The number of hydrogen-bond donors (Lipinski definition) is 0. The van der Waals surface area contributed by atoms with Crippen molar-refractivity contribution in [3.05, 3.63) is 36.4 Å². The molecule has 22 heavy (non-hydrogen) atoms. The lowest BCUT2D eigenvalue weighted by Crippen LogP contribution is -2.10. The molecule has 0 heterocycles. The van der Waals surface area contributed by atoms with Gasteiger partial charge in [0.25, 0.3) is 0 Å². The third kappa shape index (κ3) is 3.76. The molecular weight excluding hydrogens is 323 g/mol. The van der Waals surface area contributed by atoms with Crippen molar-refractivity contribution in [2.75, 3.05) is 28.4 Å². The fraction of sp³-hybridized carbons (Fsp3) is 0.250. The molecule has 2 rings (SSSR count). The molecule has 0 bridgehead atoms. The molecule has 0 aliphatic heterocycles. The number of hydrogen-bond acceptors (Lipinski definition) is 4. The predicted molar refractivity (Wildman–Crippen MR) is 91.1 cm³/mol. The van der Waals surface area contributed by atoms with Crippen LogP contribution in [0, 0.1) is 0 Å². The van der Waals surface area contributed by atoms with E-state index in [1.165, 1.54) is 0 Å². The highest BCUT2D eigenvalue weighted by molar-refractivity contribution is 7.95. The highest BCUT2D eigenvalue weighted by Gasteiger charge is 2.16. The van der Waals surface area contributed by atoms with Crippen molar-refractivity contribution < 1.29 is 18.9 Å². The Hall–Kier alpha value is -1.64. The summed E-state index contributed by atoms with van der Waals surface area (Å²) in [4.78, 5) is 0. The molecule has 0 spiro atoms. The summed E-state index contributed by atoms with van der Waals surface area (Å²) in [5, 5.41) is 1.87. The van der Waals surface area contributed by atoms with Gasteiger partial charge in [0.1, 0.15) is 23.0 Å². The van der Waals surface area contributed by atoms with Crippen LogP contribution in [0.15, 0.2) is 36.4 Å². The van der Waals surface area contributed by atoms with Gasteiger partial charge in [-0.2, -0.15) is 0 Å². The molecule has 4 nitrogen and oxygen atoms in total. The largest absolute Gasteiger partial charge is 0.497 e. The lowest BCUT2D eigenvalue weighted by molar-refractivity contribution is 0.395. The molecule has 0 aliphatic carbocycles. The van der Waals surface area contributed by atoms with Crippen molar-refractivity contribution in [3.63, 3.8) is 0 Å². The van der Waals surface area contributed by atoms with E-state index in [0.29, 0.717) is 23.0 Å². The van der Waals surface area contributed by atoms with E-state index >= 15 is 0 Å². The van der Waals surface area contributed by atoms with E-state index in [1.807, 2.05) is 36.4 Å². The molecule has 6 heteroatoms. The van der Waals surface area contributed by atoms with Crippen molar-refractivity contribution in [2.45, 2.75) is 0 Å². The number of ether oxygens (including phenoxy) is 4. The van der Waals surface area contributed by atoms with E-state index in [-0.39, 0.29) is 0 Å². The van der Waals surface area contributed by atoms with Crippen molar-refractivity contribution in [1.82, 2.24) is 0 Å². The third-order valence-corrected chi connectivity index (χ3v) is 5.72. The van der Waals surface area contributed by atoms with Gasteiger partial charge in [-0.15, -0.1) is 0 Å². The van der Waals surface area contributed by atoms with Gasteiger partial charge in [0.15, 0.2) is 0 Å². The van der Waals surface area contributed by atoms with Crippen LogP contribution in [0.25, 0.3) is 0 Å². The van der Waals surface area contributed by atoms with Crippen LogP contribution in [0.1, 0.15) is 0 Å². The first kappa shape index (κ1) is 16.7. The average Bonchev–Trinajstić information content (AvgIpc) is 2.59. The first-order valence-corrected chi connectivity index (χ1v) is 8.78. The van der Waals surface area contributed by atoms with Crippen molar-refractivity contribution in [1.29, 1.82) is 0 Å². The molecule has 2 aromatic carbocycles. The number of rotatable bonds is 6. The Morgan fingerprint density at radius 3 is 1.09 bits per heavy atom. The molecule has 0 radical (unpaired) electrons. The van der Waals surface area contributed by atoms with Gasteiger partial charge in [0.2, 0.25) is 0 Å². The minimum Gasteiger partial charge on any atom is -0.497 e. The molecule has 0 aliphatic rings. The summed E-state index contributed by atoms with van der Waals surface area (Å²) >= 11 is 6.69. The zero-order valence-corrected chi connectivity index (χ0v) is 14.6. The SMILES string of the molecule is COc1cc(OC)cc(P(Cl)c2cc(OC)cc(OC)c2)c1. The predicted octanol–water partition coefficient (Wildman–Crippen LogP) is 3.31. The average molecular weight is 341 g/mol. The van der Waals surface area contributed by atoms with Crippen LogP contribution in [-0.2, 0) is 0 Å². The second-order valence-electron chi connectivity index (χ2n) is 4.42. The van der Waals surface area contributed by atoms with Crippen LogP contribution in [0.5, 0.6) is 23.0 Å². The van der Waals surface area contributed by atoms with Crippen molar-refractivity contribution >= 4 is 29.1 Å². The normalized spacial score (nSPS) is 10.5. The molecule has 0 aromatic heterocycles. The summed E-state index contributed by atoms with van der Waals surface area (Å²) < 4.78 is 21.2. The van der Waals surface area contributed by atoms with Gasteiger partial charge < -0.3 is 18.9 Å². The number of benzene rings is 2. The molecule has 2 aromatic rings. The van der Waals surface area contributed by atoms with E-state index in [0.717, 1.165) is 10.6 Å². The molecular formula is C16H18ClO4P. The molecule has 118 valence electrons. The molecule has 0 atom stereocenters. The monoisotopic (exact) mass is 340 g/mol. The summed E-state index contributed by atoms with van der Waals surface area (Å²) in [6.45, 7) is 0. The van der Waals surface area contributed by atoms with Gasteiger partial charge in [-0.3, -0.25) is 0 Å². The Morgan fingerprint density at radius 2 is 0.864 bits per heavy atom. The van der Waals surface area contributed by atoms with E-state index in [4.69, 9.17) is 30.2 Å². The molecule has 0 amide bonds. The standard InChI is InChI=1S/C16H18ClO4P/c1-18-11-5-12(19-2)8-15(7-11)22(17)16-9-13(20-3)6-14(10-16)21-4/h5-10H,1-4H3. The van der Waals surface area contributed by atoms with Crippen molar-refractivity contribution in [3.8, 4) is 23.0 Å². The summed E-state index contributed by atoms with van der Waals surface area (Å²) in [6.07, 6.45) is 0. The summed E-state index contributed by atoms with van der Waals surface area (Å²) in [6, 6.07) is 11.3. The van der Waals surface area contributed by atoms with E-state index in [9.17, 15) is 0 Å². The van der Waals surface area contributed by atoms with Gasteiger partial charge in [-0.05, 0) is 24.3 Å². The van der Waals surface area contributed by atoms with Crippen LogP contribution >= 0.6 is 18.5 Å². The lowest BCUT2D eigenvalue weighted by atomic mass is 10.3. The number of methoxy groups -OCH3 is 4. The van der Waals surface area contributed by atoms with Gasteiger partial charge >= 0.3 is 0 Å². The number of halogens is 1. The smallest absolute Gasteiger partial charge is 0.123 e. The van der Waals surface area contributed by atoms with Crippen molar-refractivity contribution in [2.24, 2.45) is 0 Å². The summed E-state index contributed by atoms with van der Waals surface area (Å²) in [5.74, 6) is 2.82. The van der Waals surface area contributed by atoms with Crippen LogP contribution in [-0.4, -0.2) is 28.4 Å². The Bertz CT molecular complexity index is 548. The van der Waals surface area contributed by atoms with Gasteiger partial charge in [0, 0.05) is 22.7 Å². The van der Waals surface area contributed by atoms with Crippen LogP contribution in [0.2, 0.25) is 0 Å². The van der Waals surface area contributed by atoms with E-state index in [2.05, 4.69) is 0 Å². The maximum absolute atomic E-state index is 6.69. The topological polar surface area (TPSA) is 36.9 Å². The maximum atomic E-state index is 6.69. The Balaban J connectivity index is 2.44. The molecule has 0 unspecified atom stereocenters. The second kappa shape index (κ2) is 7.57. The van der Waals surface area contributed by atoms with E-state index in [1.54, 1.807) is 28.4 Å². The molecule has 0 fully saturated rings. The van der Waals surface area contributed by atoms with Gasteiger partial charge in [-0.1, -0.05) is 11.2 Å². The lowest BCUT2D eigenvalue weighted by Gasteiger charge is -2.15. The zero-order valence-electron chi connectivity index (χ0n) is 12.9. The molecule has 0 N–H and O–H groups in total. The summed E-state index contributed by atoms with van der Waals surface area (Å²) in [5.41, 5.74) is 0. The quantitative estimate of drug-likeness (QED) is 0.756. The summed E-state index contributed by atoms with van der Waals surface area (Å²) in [7, 11) is 5.35. The van der Waals surface area contributed by atoms with Gasteiger partial charge in [-0.25, -0.2) is 0 Å². The Morgan fingerprint density at radius 1 is 0.591 bits per heavy atom. The first-order chi connectivity index (χ1) is 10.6.